The first-order valence-corrected chi connectivity index (χ1v) is 0.836. The summed E-state index contributed by atoms with van der Waals surface area (Å²) in [4.78, 5) is 0. The molecule has 0 saturated heterocycles. The molecule has 0 fully saturated rings. The number of aliphatic hydroxyl groups excluding tert-OH is 1. The molecule has 0 aliphatic carbocycles. The van der Waals surface area contributed by atoms with Gasteiger partial charge >= 0.3 is 0 Å². The van der Waals surface area contributed by atoms with Crippen LogP contribution in [-0.4, -0.2) is 5.11 Å². The van der Waals surface area contributed by atoms with Crippen molar-refractivity contribution in [1.82, 2.24) is 0 Å². The van der Waals surface area contributed by atoms with E-state index in [-0.39, 0.29) is 28.5 Å². The van der Waals surface area contributed by atoms with Crippen LogP contribution in [0.15, 0.2) is 0 Å². The van der Waals surface area contributed by atoms with Crippen molar-refractivity contribution in [2.24, 2.45) is 0 Å². The fraction of sp³-hybridized carbons (Fsp3) is 0.500. The first-order chi connectivity index (χ1) is 1.41. The maximum Gasteiger partial charge on any atom is 0 e. The van der Waals surface area contributed by atoms with Gasteiger partial charge in [-0.15, -0.1) is 0 Å². The SMILES string of the molecule is C[CH-]O.[Ag].[NH2-]. The van der Waals surface area contributed by atoms with Crippen molar-refractivity contribution < 1.29 is 27.5 Å². The largest absolute Gasteiger partial charge is 0.693 e. The van der Waals surface area contributed by atoms with Gasteiger partial charge in [0.05, 0.1) is 0 Å². The summed E-state index contributed by atoms with van der Waals surface area (Å²) in [6.45, 7) is 2.56. The molecule has 0 unspecified atom stereocenters. The van der Waals surface area contributed by atoms with Gasteiger partial charge in [-0.05, 0) is 0 Å². The van der Waals surface area contributed by atoms with E-state index in [0.717, 1.165) is 6.61 Å². The second-order valence-electron chi connectivity index (χ2n) is 0.258. The van der Waals surface area contributed by atoms with Crippen LogP contribution in [0.4, 0.5) is 0 Å². The van der Waals surface area contributed by atoms with E-state index >= 15 is 0 Å². The van der Waals surface area contributed by atoms with Crippen molar-refractivity contribution in [2.45, 2.75) is 6.92 Å². The maximum absolute atomic E-state index is 7.44. The molecule has 5 heavy (non-hydrogen) atoms. The summed E-state index contributed by atoms with van der Waals surface area (Å²) in [6.07, 6.45) is 0. The molecule has 2 nitrogen and oxygen atoms in total. The van der Waals surface area contributed by atoms with Crippen LogP contribution in [0.2, 0.25) is 0 Å². The van der Waals surface area contributed by atoms with Crippen molar-refractivity contribution in [3.05, 3.63) is 12.8 Å². The van der Waals surface area contributed by atoms with Gasteiger partial charge in [0, 0.05) is 22.4 Å². The molecule has 0 amide bonds. The number of hydrogen-bond acceptors (Lipinski definition) is 1. The molecule has 0 saturated carbocycles. The van der Waals surface area contributed by atoms with Crippen LogP contribution < -0.4 is 0 Å². The van der Waals surface area contributed by atoms with E-state index in [4.69, 9.17) is 5.11 Å². The van der Waals surface area contributed by atoms with Gasteiger partial charge in [0.2, 0.25) is 0 Å². The molecule has 3 heteroatoms. The van der Waals surface area contributed by atoms with Gasteiger partial charge in [-0.1, -0.05) is 0 Å². The summed E-state index contributed by atoms with van der Waals surface area (Å²) >= 11 is 0. The quantitative estimate of drug-likeness (QED) is 0.430. The molecule has 0 aliphatic rings. The Morgan fingerprint density at radius 1 is 1.60 bits per heavy atom. The molecule has 0 heterocycles. The van der Waals surface area contributed by atoms with E-state index in [9.17, 15) is 0 Å². The summed E-state index contributed by atoms with van der Waals surface area (Å²) in [5.74, 6) is 0. The third-order valence-electron chi connectivity index (χ3n) is 0. The molecule has 0 aromatic rings. The molecule has 0 atom stereocenters. The van der Waals surface area contributed by atoms with Crippen LogP contribution in [-0.2, 0) is 22.4 Å². The van der Waals surface area contributed by atoms with Gasteiger partial charge in [-0.3, -0.25) is 0 Å². The van der Waals surface area contributed by atoms with Crippen molar-refractivity contribution in [1.29, 1.82) is 0 Å². The van der Waals surface area contributed by atoms with Gasteiger partial charge in [0.1, 0.15) is 0 Å². The van der Waals surface area contributed by atoms with Crippen molar-refractivity contribution in [2.75, 3.05) is 0 Å². The fourth-order valence-corrected chi connectivity index (χ4v) is 0. The van der Waals surface area contributed by atoms with Gasteiger partial charge in [-0.25, -0.2) is 6.61 Å². The Labute approximate surface area is 47.7 Å². The molecule has 0 spiro atoms. The molecular formula is C2H7AgNO-2. The third kappa shape index (κ3) is 75.7. The predicted octanol–water partition coefficient (Wildman–Crippen LogP) is 1.26. The molecule has 0 aliphatic heterocycles. The molecule has 0 rings (SSSR count). The normalized spacial score (nSPS) is 3.60. The smallest absolute Gasteiger partial charge is 0 e. The minimum absolute atomic E-state index is 0. The maximum atomic E-state index is 7.44. The van der Waals surface area contributed by atoms with E-state index in [0.29, 0.717) is 0 Å². The van der Waals surface area contributed by atoms with Gasteiger partial charge in [0.25, 0.3) is 0 Å². The summed E-state index contributed by atoms with van der Waals surface area (Å²) < 4.78 is 0. The van der Waals surface area contributed by atoms with E-state index in [2.05, 4.69) is 0 Å². The molecular weight excluding hydrogens is 162 g/mol. The van der Waals surface area contributed by atoms with Crippen molar-refractivity contribution in [3.63, 3.8) is 0 Å². The van der Waals surface area contributed by atoms with Crippen molar-refractivity contribution in [3.8, 4) is 0 Å². The number of hydrogen-bond donors (Lipinski definition) is 1. The van der Waals surface area contributed by atoms with Crippen LogP contribution in [0.5, 0.6) is 0 Å². The minimum Gasteiger partial charge on any atom is -0.693 e. The average Bonchev–Trinajstić information content (AvgIpc) is 0.918. The van der Waals surface area contributed by atoms with Crippen molar-refractivity contribution >= 4 is 0 Å². The summed E-state index contributed by atoms with van der Waals surface area (Å²) in [6, 6.07) is 0. The second-order valence-corrected chi connectivity index (χ2v) is 0.258. The number of rotatable bonds is 0. The Bertz CT molecular complexity index is 9.61. The van der Waals surface area contributed by atoms with E-state index < -0.39 is 0 Å². The van der Waals surface area contributed by atoms with Gasteiger partial charge < -0.3 is 11.3 Å². The Kier molecular flexibility index (Phi) is 78.7. The van der Waals surface area contributed by atoms with Crippen LogP contribution in [0.25, 0.3) is 6.15 Å². The van der Waals surface area contributed by atoms with Crippen LogP contribution in [0.1, 0.15) is 6.92 Å². The molecule has 0 bridgehead atoms. The first kappa shape index (κ1) is 17.4. The van der Waals surface area contributed by atoms with Crippen LogP contribution in [0, 0.1) is 6.61 Å². The summed E-state index contributed by atoms with van der Waals surface area (Å²) in [5.41, 5.74) is 0. The zero-order chi connectivity index (χ0) is 2.71. The second kappa shape index (κ2) is 22.7. The molecule has 1 radical (unpaired) electrons. The van der Waals surface area contributed by atoms with E-state index in [1.165, 1.54) is 0 Å². The summed E-state index contributed by atoms with van der Waals surface area (Å²) in [5, 5.41) is 7.44. The Morgan fingerprint density at radius 2 is 1.60 bits per heavy atom. The Balaban J connectivity index is -0.0000000200. The fourth-order valence-electron chi connectivity index (χ4n) is 0. The third-order valence-corrected chi connectivity index (χ3v) is 0. The summed E-state index contributed by atoms with van der Waals surface area (Å²) in [7, 11) is 0. The average molecular weight is 169 g/mol. The van der Waals surface area contributed by atoms with E-state index in [1.54, 1.807) is 6.92 Å². The molecule has 3 N–H and O–H groups in total. The first-order valence-electron chi connectivity index (χ1n) is 0.836. The van der Waals surface area contributed by atoms with Gasteiger partial charge in [0.15, 0.2) is 0 Å². The molecule has 39 valence electrons. The Hall–Kier alpha value is 0.660. The number of nitrogens with two attached hydrogens (primary N) is 1. The molecule has 0 aromatic heterocycles. The van der Waals surface area contributed by atoms with Crippen LogP contribution in [0.3, 0.4) is 0 Å². The minimum atomic E-state index is 0. The zero-order valence-electron chi connectivity index (χ0n) is 2.90. The standard InChI is InChI=1S/C2H5O.Ag.H2N/c1-2-3;;/h2-3H,1H3;;1H2/q-1;;-1. The topological polar surface area (TPSA) is 53.7 Å². The number of aliphatic hydroxyl groups is 1. The molecule has 0 aromatic carbocycles. The monoisotopic (exact) mass is 168 g/mol. The zero-order valence-corrected chi connectivity index (χ0v) is 4.39. The van der Waals surface area contributed by atoms with Crippen LogP contribution >= 0.6 is 0 Å². The van der Waals surface area contributed by atoms with Gasteiger partial charge in [-0.2, -0.15) is 6.92 Å². The predicted molar refractivity (Wildman–Crippen MR) is 17.2 cm³/mol. The Morgan fingerprint density at radius 3 is 1.60 bits per heavy atom. The van der Waals surface area contributed by atoms with E-state index in [1.807, 2.05) is 0 Å².